The minimum absolute atomic E-state index is 0.0348. The lowest BCUT2D eigenvalue weighted by molar-refractivity contribution is 0.0516. The van der Waals surface area contributed by atoms with Crippen LogP contribution >= 0.6 is 7.60 Å². The van der Waals surface area contributed by atoms with Crippen molar-refractivity contribution in [2.75, 3.05) is 13.2 Å². The lowest BCUT2D eigenvalue weighted by Gasteiger charge is -2.37. The smallest absolute Gasteiger partial charge is 0.360 e. The number of benzene rings is 1. The highest BCUT2D eigenvalue weighted by Gasteiger charge is 2.47. The third-order valence-electron chi connectivity index (χ3n) is 6.79. The van der Waals surface area contributed by atoms with Crippen LogP contribution in [0.5, 0.6) is 0 Å². The standard InChI is InChI=1S/C23H40BO8PSSi/c1-8-29-33(25,30-9-2)21(32-34(26,27)20-12-10-17(3)11-13-20)15-19-14-18(22(24)31-19)16-23(4,5)35(6,7)28/h10-13,18-19,21-22,28H,8-9,14-16H2,1-7H3/t18-,19+,21?,22-/m1/s1. The Morgan fingerprint density at radius 2 is 1.74 bits per heavy atom. The minimum atomic E-state index is -4.26. The van der Waals surface area contributed by atoms with Crippen molar-refractivity contribution in [1.29, 1.82) is 0 Å². The van der Waals surface area contributed by atoms with Crippen molar-refractivity contribution in [2.24, 2.45) is 5.92 Å². The predicted molar refractivity (Wildman–Crippen MR) is 140 cm³/mol. The van der Waals surface area contributed by atoms with Crippen molar-refractivity contribution in [1.82, 2.24) is 0 Å². The van der Waals surface area contributed by atoms with Crippen LogP contribution in [0.15, 0.2) is 29.2 Å². The molecule has 1 aliphatic heterocycles. The van der Waals surface area contributed by atoms with Crippen molar-refractivity contribution in [3.8, 4) is 0 Å². The Kier molecular flexibility index (Phi) is 10.4. The van der Waals surface area contributed by atoms with Gasteiger partial charge in [0.1, 0.15) is 7.85 Å². The normalized spacial score (nSPS) is 22.9. The van der Waals surface area contributed by atoms with Crippen LogP contribution in [0.2, 0.25) is 18.1 Å². The van der Waals surface area contributed by atoms with Crippen molar-refractivity contribution in [2.45, 2.75) is 94.9 Å². The maximum atomic E-state index is 13.6. The van der Waals surface area contributed by atoms with Crippen LogP contribution in [0.25, 0.3) is 0 Å². The second-order valence-corrected chi connectivity index (χ2v) is 18.5. The van der Waals surface area contributed by atoms with E-state index in [9.17, 15) is 17.8 Å². The van der Waals surface area contributed by atoms with E-state index >= 15 is 0 Å². The molecule has 1 N–H and O–H groups in total. The van der Waals surface area contributed by atoms with Gasteiger partial charge < -0.3 is 18.6 Å². The van der Waals surface area contributed by atoms with Crippen LogP contribution in [0.4, 0.5) is 0 Å². The quantitative estimate of drug-likeness (QED) is 0.210. The lowest BCUT2D eigenvalue weighted by atomic mass is 9.80. The van der Waals surface area contributed by atoms with E-state index in [0.717, 1.165) is 5.56 Å². The fourth-order valence-electron chi connectivity index (χ4n) is 4.03. The van der Waals surface area contributed by atoms with Gasteiger partial charge in [-0.3, -0.25) is 4.57 Å². The number of aryl methyl sites for hydroxylation is 1. The zero-order chi connectivity index (χ0) is 26.7. The fraction of sp³-hybridized carbons (Fsp3) is 0.739. The van der Waals surface area contributed by atoms with E-state index in [-0.39, 0.29) is 35.5 Å². The van der Waals surface area contributed by atoms with Crippen LogP contribution in [0.3, 0.4) is 0 Å². The lowest BCUT2D eigenvalue weighted by Crippen LogP contribution is -2.41. The first kappa shape index (κ1) is 30.7. The first-order valence-corrected chi connectivity index (χ1v) is 18.0. The molecular formula is C23H40BO8PSSi. The molecule has 198 valence electrons. The predicted octanol–water partition coefficient (Wildman–Crippen LogP) is 4.95. The van der Waals surface area contributed by atoms with Crippen molar-refractivity contribution < 1.29 is 35.7 Å². The van der Waals surface area contributed by atoms with Crippen LogP contribution in [0.1, 0.15) is 52.5 Å². The fourth-order valence-corrected chi connectivity index (χ4v) is 8.13. The summed E-state index contributed by atoms with van der Waals surface area (Å²) in [5.74, 6) is -1.46. The third-order valence-corrected chi connectivity index (χ3v) is 14.0. The molecule has 1 unspecified atom stereocenters. The molecule has 0 amide bonds. The van der Waals surface area contributed by atoms with E-state index in [4.69, 9.17) is 25.8 Å². The first-order chi connectivity index (χ1) is 16.0. The SMILES string of the molecule is [B][C@@H]1O[C@H](CC(OS(=O)(=O)c2ccc(C)cc2)P(=O)(OCC)OCC)C[C@@H]1CC(C)(C)[Si](C)(C)O. The largest absolute Gasteiger partial charge is 0.432 e. The van der Waals surface area contributed by atoms with Crippen LogP contribution in [-0.4, -0.2) is 60.5 Å². The zero-order valence-corrected chi connectivity index (χ0v) is 24.6. The molecule has 1 aliphatic rings. The molecule has 0 bridgehead atoms. The molecule has 8 nitrogen and oxygen atoms in total. The Morgan fingerprint density at radius 3 is 2.23 bits per heavy atom. The zero-order valence-electron chi connectivity index (χ0n) is 21.9. The van der Waals surface area contributed by atoms with Crippen molar-refractivity contribution in [3.63, 3.8) is 0 Å². The molecule has 1 aromatic carbocycles. The Balaban J connectivity index is 2.29. The summed E-state index contributed by atoms with van der Waals surface area (Å²) in [5.41, 5.74) is 0.895. The Bertz CT molecular complexity index is 970. The summed E-state index contributed by atoms with van der Waals surface area (Å²) in [6.45, 7) is 13.1. The van der Waals surface area contributed by atoms with E-state index in [1.54, 1.807) is 26.0 Å². The van der Waals surface area contributed by atoms with Crippen LogP contribution < -0.4 is 0 Å². The van der Waals surface area contributed by atoms with E-state index < -0.39 is 44.0 Å². The van der Waals surface area contributed by atoms with Gasteiger partial charge in [-0.25, -0.2) is 4.18 Å². The molecule has 1 fully saturated rings. The summed E-state index contributed by atoms with van der Waals surface area (Å²) in [4.78, 5) is 10.6. The van der Waals surface area contributed by atoms with E-state index in [1.807, 2.05) is 33.9 Å². The first-order valence-electron chi connectivity index (χ1n) is 12.1. The Labute approximate surface area is 213 Å². The second kappa shape index (κ2) is 11.9. The van der Waals surface area contributed by atoms with Gasteiger partial charge in [-0.15, -0.1) is 0 Å². The molecule has 1 saturated heterocycles. The molecular weight excluding hydrogens is 506 g/mol. The van der Waals surface area contributed by atoms with Crippen molar-refractivity contribution in [3.05, 3.63) is 29.8 Å². The molecule has 1 aromatic rings. The summed E-state index contributed by atoms with van der Waals surface area (Å²) in [6.07, 6.45) is 0.620. The average Bonchev–Trinajstić information content (AvgIpc) is 3.05. The molecule has 12 heteroatoms. The van der Waals surface area contributed by atoms with Gasteiger partial charge >= 0.3 is 7.60 Å². The topological polar surface area (TPSA) is 108 Å². The summed E-state index contributed by atoms with van der Waals surface area (Å²) in [5, 5.41) is -0.301. The summed E-state index contributed by atoms with van der Waals surface area (Å²) in [7, 11) is -4.42. The van der Waals surface area contributed by atoms with Gasteiger partial charge in [0.05, 0.1) is 24.2 Å². The Morgan fingerprint density at radius 1 is 1.20 bits per heavy atom. The van der Waals surface area contributed by atoms with Crippen LogP contribution in [-0.2, 0) is 32.7 Å². The molecule has 0 aliphatic carbocycles. The maximum absolute atomic E-state index is 13.6. The Hall–Kier alpha value is -0.518. The van der Waals surface area contributed by atoms with Gasteiger partial charge in [0.2, 0.25) is 0 Å². The van der Waals surface area contributed by atoms with E-state index in [2.05, 4.69) is 0 Å². The number of hydrogen-bond acceptors (Lipinski definition) is 8. The van der Waals surface area contributed by atoms with Gasteiger partial charge in [0.15, 0.2) is 14.2 Å². The molecule has 2 radical (unpaired) electrons. The molecule has 2 rings (SSSR count). The third kappa shape index (κ3) is 7.98. The highest BCUT2D eigenvalue weighted by molar-refractivity contribution is 7.87. The minimum Gasteiger partial charge on any atom is -0.432 e. The van der Waals surface area contributed by atoms with Gasteiger partial charge in [-0.1, -0.05) is 31.5 Å². The van der Waals surface area contributed by atoms with E-state index in [0.29, 0.717) is 12.8 Å². The summed E-state index contributed by atoms with van der Waals surface area (Å²) in [6, 6.07) is 5.60. The number of hydrogen-bond donors (Lipinski definition) is 1. The maximum Gasteiger partial charge on any atom is 0.360 e. The monoisotopic (exact) mass is 546 g/mol. The second-order valence-electron chi connectivity index (χ2n) is 10.3. The van der Waals surface area contributed by atoms with Crippen molar-refractivity contribution >= 4 is 33.9 Å². The average molecular weight is 547 g/mol. The summed E-state index contributed by atoms with van der Waals surface area (Å²) >= 11 is 0. The molecule has 0 spiro atoms. The molecule has 4 atom stereocenters. The molecule has 1 heterocycles. The molecule has 0 aromatic heterocycles. The van der Waals surface area contributed by atoms with E-state index in [1.165, 1.54) is 12.1 Å². The van der Waals surface area contributed by atoms with Gasteiger partial charge in [-0.2, -0.15) is 8.42 Å². The molecule has 35 heavy (non-hydrogen) atoms. The highest BCUT2D eigenvalue weighted by atomic mass is 32.2. The van der Waals surface area contributed by atoms with Gasteiger partial charge in [-0.05, 0) is 69.8 Å². The summed E-state index contributed by atoms with van der Waals surface area (Å²) < 4.78 is 62.2. The highest BCUT2D eigenvalue weighted by Crippen LogP contribution is 2.57. The number of ether oxygens (including phenoxy) is 1. The van der Waals surface area contributed by atoms with Gasteiger partial charge in [0.25, 0.3) is 10.1 Å². The number of rotatable bonds is 13. The van der Waals surface area contributed by atoms with Crippen LogP contribution in [0, 0.1) is 12.8 Å². The van der Waals surface area contributed by atoms with Gasteiger partial charge in [0, 0.05) is 12.4 Å². The molecule has 0 saturated carbocycles.